The fourth-order valence-electron chi connectivity index (χ4n) is 2.18. The minimum Gasteiger partial charge on any atom is -0.351 e. The summed E-state index contributed by atoms with van der Waals surface area (Å²) in [5.41, 5.74) is 4.93. The van der Waals surface area contributed by atoms with E-state index in [-0.39, 0.29) is 18.5 Å². The molecule has 0 aromatic rings. The number of nitrogens with zero attached hydrogens (tertiary/aromatic N) is 1. The van der Waals surface area contributed by atoms with Crippen LogP contribution >= 0.6 is 0 Å². The molecule has 1 heterocycles. The number of nitrogens with one attached hydrogen (secondary N) is 2. The van der Waals surface area contributed by atoms with Crippen molar-refractivity contribution in [3.8, 4) is 0 Å². The van der Waals surface area contributed by atoms with Crippen LogP contribution in [0.4, 0.5) is 4.79 Å². The maximum absolute atomic E-state index is 11.5. The van der Waals surface area contributed by atoms with Crippen molar-refractivity contribution in [2.75, 3.05) is 19.6 Å². The summed E-state index contributed by atoms with van der Waals surface area (Å²) in [6.07, 6.45) is 3.60. The van der Waals surface area contributed by atoms with Crippen LogP contribution in [0.25, 0.3) is 0 Å². The first-order chi connectivity index (χ1) is 8.49. The monoisotopic (exact) mass is 256 g/mol. The average molecular weight is 256 g/mol. The Labute approximate surface area is 108 Å². The molecule has 0 radical (unpaired) electrons. The first-order valence-electron chi connectivity index (χ1n) is 6.55. The van der Waals surface area contributed by atoms with Crippen LogP contribution in [0.15, 0.2) is 0 Å². The van der Waals surface area contributed by atoms with E-state index in [4.69, 9.17) is 5.73 Å². The number of amides is 3. The van der Waals surface area contributed by atoms with Crippen molar-refractivity contribution in [3.05, 3.63) is 0 Å². The van der Waals surface area contributed by atoms with Gasteiger partial charge in [0.15, 0.2) is 0 Å². The molecule has 6 nitrogen and oxygen atoms in total. The molecule has 1 fully saturated rings. The maximum Gasteiger partial charge on any atom is 0.318 e. The van der Waals surface area contributed by atoms with Gasteiger partial charge in [0, 0.05) is 18.6 Å². The second kappa shape index (κ2) is 7.33. The highest BCUT2D eigenvalue weighted by Gasteiger charge is 2.20. The van der Waals surface area contributed by atoms with Gasteiger partial charge in [-0.05, 0) is 33.2 Å². The van der Waals surface area contributed by atoms with Gasteiger partial charge in [-0.1, -0.05) is 6.42 Å². The lowest BCUT2D eigenvalue weighted by atomic mass is 10.0. The molecule has 0 aromatic heterocycles. The zero-order chi connectivity index (χ0) is 13.5. The average Bonchev–Trinajstić information content (AvgIpc) is 2.28. The van der Waals surface area contributed by atoms with Gasteiger partial charge in [0.25, 0.3) is 0 Å². The Morgan fingerprint density at radius 3 is 2.67 bits per heavy atom. The molecule has 18 heavy (non-hydrogen) atoms. The smallest absolute Gasteiger partial charge is 0.318 e. The van der Waals surface area contributed by atoms with Gasteiger partial charge in [-0.2, -0.15) is 0 Å². The minimum absolute atomic E-state index is 0.207. The van der Waals surface area contributed by atoms with E-state index >= 15 is 0 Å². The highest BCUT2D eigenvalue weighted by molar-refractivity contribution is 5.94. The SMILES string of the molecule is CC(C)N(CC(=O)NC(N)=O)CC1CCCCN1. The number of carbonyl (C=O) groups excluding carboxylic acids is 2. The molecule has 1 saturated heterocycles. The molecular formula is C12H24N4O2. The number of imide groups is 1. The zero-order valence-corrected chi connectivity index (χ0v) is 11.2. The molecule has 1 unspecified atom stereocenters. The number of urea groups is 1. The van der Waals surface area contributed by atoms with Gasteiger partial charge in [0.05, 0.1) is 6.54 Å². The van der Waals surface area contributed by atoms with Crippen LogP contribution in [-0.4, -0.2) is 48.6 Å². The van der Waals surface area contributed by atoms with Gasteiger partial charge < -0.3 is 11.1 Å². The maximum atomic E-state index is 11.5. The Kier molecular flexibility index (Phi) is 6.07. The number of piperidine rings is 1. The number of nitrogens with two attached hydrogens (primary N) is 1. The first-order valence-corrected chi connectivity index (χ1v) is 6.55. The van der Waals surface area contributed by atoms with Crippen molar-refractivity contribution >= 4 is 11.9 Å². The van der Waals surface area contributed by atoms with Crippen molar-refractivity contribution in [3.63, 3.8) is 0 Å². The second-order valence-corrected chi connectivity index (χ2v) is 5.08. The second-order valence-electron chi connectivity index (χ2n) is 5.08. The lowest BCUT2D eigenvalue weighted by Crippen LogP contribution is -2.50. The third kappa shape index (κ3) is 5.46. The molecule has 0 aromatic carbocycles. The summed E-state index contributed by atoms with van der Waals surface area (Å²) >= 11 is 0. The van der Waals surface area contributed by atoms with Gasteiger partial charge in [-0.25, -0.2) is 4.79 Å². The molecule has 0 bridgehead atoms. The Morgan fingerprint density at radius 2 is 2.17 bits per heavy atom. The van der Waals surface area contributed by atoms with E-state index in [2.05, 4.69) is 15.5 Å². The molecule has 6 heteroatoms. The number of hydrogen-bond acceptors (Lipinski definition) is 4. The summed E-state index contributed by atoms with van der Waals surface area (Å²) in [7, 11) is 0. The van der Waals surface area contributed by atoms with Gasteiger partial charge in [-0.3, -0.25) is 15.0 Å². The predicted molar refractivity (Wildman–Crippen MR) is 70.1 cm³/mol. The third-order valence-electron chi connectivity index (χ3n) is 3.21. The number of primary amides is 1. The molecule has 104 valence electrons. The molecule has 1 rings (SSSR count). The molecule has 0 spiro atoms. The fraction of sp³-hybridized carbons (Fsp3) is 0.833. The topological polar surface area (TPSA) is 87.5 Å². The highest BCUT2D eigenvalue weighted by atomic mass is 16.2. The minimum atomic E-state index is -0.792. The third-order valence-corrected chi connectivity index (χ3v) is 3.21. The van der Waals surface area contributed by atoms with Gasteiger partial charge in [0.1, 0.15) is 0 Å². The molecule has 1 aliphatic heterocycles. The Balaban J connectivity index is 2.43. The van der Waals surface area contributed by atoms with E-state index < -0.39 is 6.03 Å². The normalized spacial score (nSPS) is 20.1. The van der Waals surface area contributed by atoms with E-state index in [1.54, 1.807) is 0 Å². The number of hydrogen-bond donors (Lipinski definition) is 3. The van der Waals surface area contributed by atoms with Crippen LogP contribution in [0.2, 0.25) is 0 Å². The van der Waals surface area contributed by atoms with Crippen molar-refractivity contribution < 1.29 is 9.59 Å². The summed E-state index contributed by atoms with van der Waals surface area (Å²) in [4.78, 5) is 24.2. The number of carbonyl (C=O) groups is 2. The molecule has 3 amide bonds. The zero-order valence-electron chi connectivity index (χ0n) is 11.2. The summed E-state index contributed by atoms with van der Waals surface area (Å²) < 4.78 is 0. The van der Waals surface area contributed by atoms with E-state index in [0.717, 1.165) is 19.5 Å². The Morgan fingerprint density at radius 1 is 1.44 bits per heavy atom. The molecule has 4 N–H and O–H groups in total. The van der Waals surface area contributed by atoms with E-state index in [0.29, 0.717) is 6.04 Å². The van der Waals surface area contributed by atoms with Crippen LogP contribution in [0.1, 0.15) is 33.1 Å². The molecular weight excluding hydrogens is 232 g/mol. The van der Waals surface area contributed by atoms with Crippen LogP contribution < -0.4 is 16.4 Å². The summed E-state index contributed by atoms with van der Waals surface area (Å²) in [6, 6.07) is -0.102. The Bertz CT molecular complexity index is 288. The van der Waals surface area contributed by atoms with Crippen molar-refractivity contribution in [1.82, 2.24) is 15.5 Å². The van der Waals surface area contributed by atoms with E-state index in [1.165, 1.54) is 12.8 Å². The van der Waals surface area contributed by atoms with Crippen molar-refractivity contribution in [1.29, 1.82) is 0 Å². The summed E-state index contributed by atoms with van der Waals surface area (Å²) in [5.74, 6) is -0.341. The quantitative estimate of drug-likeness (QED) is 0.648. The van der Waals surface area contributed by atoms with Gasteiger partial charge in [-0.15, -0.1) is 0 Å². The first kappa shape index (κ1) is 14.9. The van der Waals surface area contributed by atoms with Crippen LogP contribution in [0, 0.1) is 0 Å². The molecule has 0 aliphatic carbocycles. The fourth-order valence-corrected chi connectivity index (χ4v) is 2.18. The predicted octanol–water partition coefficient (Wildman–Crippen LogP) is 0.0338. The Hall–Kier alpha value is -1.14. The highest BCUT2D eigenvalue weighted by Crippen LogP contribution is 2.10. The van der Waals surface area contributed by atoms with Crippen LogP contribution in [0.5, 0.6) is 0 Å². The largest absolute Gasteiger partial charge is 0.351 e. The van der Waals surface area contributed by atoms with Crippen LogP contribution in [0.3, 0.4) is 0 Å². The van der Waals surface area contributed by atoms with Gasteiger partial charge in [0.2, 0.25) is 5.91 Å². The van der Waals surface area contributed by atoms with Gasteiger partial charge >= 0.3 is 6.03 Å². The van der Waals surface area contributed by atoms with E-state index in [1.807, 2.05) is 13.8 Å². The number of rotatable bonds is 5. The molecule has 1 aliphatic rings. The molecule has 0 saturated carbocycles. The lowest BCUT2D eigenvalue weighted by Gasteiger charge is -2.32. The summed E-state index contributed by atoms with van der Waals surface area (Å²) in [5, 5.41) is 5.56. The van der Waals surface area contributed by atoms with E-state index in [9.17, 15) is 9.59 Å². The van der Waals surface area contributed by atoms with Crippen molar-refractivity contribution in [2.24, 2.45) is 5.73 Å². The lowest BCUT2D eigenvalue weighted by molar-refractivity contribution is -0.121. The molecule has 1 atom stereocenters. The van der Waals surface area contributed by atoms with Crippen molar-refractivity contribution in [2.45, 2.75) is 45.2 Å². The standard InChI is InChI=1S/C12H24N4O2/c1-9(2)16(8-11(17)15-12(13)18)7-10-5-3-4-6-14-10/h9-10,14H,3-8H2,1-2H3,(H3,13,15,17,18). The van der Waals surface area contributed by atoms with Crippen LogP contribution in [-0.2, 0) is 4.79 Å². The summed E-state index contributed by atoms with van der Waals surface area (Å²) in [6.45, 7) is 6.16.